The van der Waals surface area contributed by atoms with Crippen LogP contribution in [-0.2, 0) is 0 Å². The van der Waals surface area contributed by atoms with Crippen LogP contribution in [0.4, 0.5) is 0 Å². The van der Waals surface area contributed by atoms with Gasteiger partial charge in [0, 0.05) is 0 Å². The van der Waals surface area contributed by atoms with Crippen molar-refractivity contribution in [2.75, 3.05) is 0 Å². The summed E-state index contributed by atoms with van der Waals surface area (Å²) >= 11 is 0. The van der Waals surface area contributed by atoms with E-state index in [2.05, 4.69) is 6.58 Å². The van der Waals surface area contributed by atoms with Crippen LogP contribution in [0.15, 0.2) is 36.9 Å². The van der Waals surface area contributed by atoms with Crippen molar-refractivity contribution in [1.29, 1.82) is 0 Å². The molecule has 0 aliphatic carbocycles. The zero-order valence-corrected chi connectivity index (χ0v) is 9.90. The number of rotatable bonds is 2. The summed E-state index contributed by atoms with van der Waals surface area (Å²) in [6.45, 7) is 5.72. The maximum absolute atomic E-state index is 5.99. The average Bonchev–Trinajstić information content (AvgIpc) is 2.30. The Balaban J connectivity index is 2.74. The molecule has 0 nitrogen and oxygen atoms in total. The molecule has 2 aromatic carbocycles. The van der Waals surface area contributed by atoms with Gasteiger partial charge in [0.25, 0.3) is 0 Å². The molecule has 0 aliphatic rings. The van der Waals surface area contributed by atoms with Crippen molar-refractivity contribution in [2.24, 2.45) is 0 Å². The highest BCUT2D eigenvalue weighted by molar-refractivity contribution is 6.37. The summed E-state index contributed by atoms with van der Waals surface area (Å²) in [6.07, 6.45) is 5.72. The minimum absolute atomic E-state index is 0.740. The third-order valence-electron chi connectivity index (χ3n) is 2.81. The van der Waals surface area contributed by atoms with Gasteiger partial charge in [-0.2, -0.15) is 0 Å². The van der Waals surface area contributed by atoms with Gasteiger partial charge in [0.1, 0.15) is 15.7 Å². The summed E-state index contributed by atoms with van der Waals surface area (Å²) in [7, 11) is 11.9. The maximum atomic E-state index is 5.99. The number of allylic oxidation sites excluding steroid dienone is 1. The third kappa shape index (κ3) is 2.21. The topological polar surface area (TPSA) is 0 Å². The fourth-order valence-electron chi connectivity index (χ4n) is 1.92. The summed E-state index contributed by atoms with van der Waals surface area (Å²) in [6, 6.07) is 7.98. The van der Waals surface area contributed by atoms with E-state index in [1.54, 1.807) is 6.08 Å². The van der Waals surface area contributed by atoms with Gasteiger partial charge in [-0.25, -0.2) is 0 Å². The van der Waals surface area contributed by atoms with Crippen molar-refractivity contribution < 1.29 is 0 Å². The molecule has 0 aromatic heterocycles. The molecule has 2 rings (SSSR count). The molecule has 78 valence electrons. The molecule has 4 radical (unpaired) electrons. The van der Waals surface area contributed by atoms with Crippen LogP contribution in [0.25, 0.3) is 22.9 Å². The molecule has 0 heterocycles. The van der Waals surface area contributed by atoms with Crippen molar-refractivity contribution in [3.05, 3.63) is 48.0 Å². The monoisotopic (exact) mass is 214 g/mol. The van der Waals surface area contributed by atoms with E-state index in [1.807, 2.05) is 43.3 Å². The Hall–Kier alpha value is -1.69. The molecule has 0 spiro atoms. The SMILES string of the molecule is [B]c1cc2cc(/C=C\C)c([B])cc2cc1C=C. The highest BCUT2D eigenvalue weighted by Gasteiger charge is 2.01. The van der Waals surface area contributed by atoms with E-state index >= 15 is 0 Å². The van der Waals surface area contributed by atoms with Crippen molar-refractivity contribution in [1.82, 2.24) is 0 Å². The van der Waals surface area contributed by atoms with Crippen molar-refractivity contribution in [3.63, 3.8) is 0 Å². The highest BCUT2D eigenvalue weighted by atomic mass is 14.0. The van der Waals surface area contributed by atoms with Crippen LogP contribution >= 0.6 is 0 Å². The van der Waals surface area contributed by atoms with Gasteiger partial charge < -0.3 is 0 Å². The summed E-state index contributed by atoms with van der Waals surface area (Å²) in [5.41, 5.74) is 3.47. The Morgan fingerprint density at radius 3 is 2.00 bits per heavy atom. The zero-order valence-electron chi connectivity index (χ0n) is 9.90. The first-order valence-electron chi connectivity index (χ1n) is 5.53. The van der Waals surface area contributed by atoms with Gasteiger partial charge in [-0.15, -0.1) is 0 Å². The second-order valence-corrected chi connectivity index (χ2v) is 4.01. The second-order valence-electron chi connectivity index (χ2n) is 4.01. The molecule has 2 heteroatoms. The highest BCUT2D eigenvalue weighted by Crippen LogP contribution is 2.16. The predicted octanol–water partition coefficient (Wildman–Crippen LogP) is 2.10. The zero-order chi connectivity index (χ0) is 12.4. The average molecular weight is 214 g/mol. The third-order valence-corrected chi connectivity index (χ3v) is 2.81. The molecular weight excluding hydrogens is 202 g/mol. The maximum Gasteiger partial charge on any atom is 0.114 e. The molecule has 0 bridgehead atoms. The van der Waals surface area contributed by atoms with Gasteiger partial charge in [0.05, 0.1) is 0 Å². The molecule has 0 atom stereocenters. The Bertz CT molecular complexity index is 610. The van der Waals surface area contributed by atoms with Crippen LogP contribution < -0.4 is 10.9 Å². The summed E-state index contributed by atoms with van der Waals surface area (Å²) in [5, 5.41) is 2.18. The van der Waals surface area contributed by atoms with Gasteiger partial charge >= 0.3 is 0 Å². The van der Waals surface area contributed by atoms with E-state index in [0.717, 1.165) is 32.8 Å². The number of fused-ring (bicyclic) bond motifs is 1. The van der Waals surface area contributed by atoms with E-state index in [-0.39, 0.29) is 0 Å². The number of hydrogen-bond acceptors (Lipinski definition) is 0. The molecule has 0 saturated carbocycles. The summed E-state index contributed by atoms with van der Waals surface area (Å²) in [5.74, 6) is 0. The normalized spacial score (nSPS) is 11.1. The van der Waals surface area contributed by atoms with Gasteiger partial charge in [-0.3, -0.25) is 0 Å². The Morgan fingerprint density at radius 2 is 1.47 bits per heavy atom. The van der Waals surface area contributed by atoms with Gasteiger partial charge in [-0.05, 0) is 41.0 Å². The first-order valence-corrected chi connectivity index (χ1v) is 5.53. The van der Waals surface area contributed by atoms with Crippen LogP contribution in [0, 0.1) is 0 Å². The van der Waals surface area contributed by atoms with E-state index in [4.69, 9.17) is 15.7 Å². The van der Waals surface area contributed by atoms with E-state index < -0.39 is 0 Å². The predicted molar refractivity (Wildman–Crippen MR) is 79.5 cm³/mol. The lowest BCUT2D eigenvalue weighted by atomic mass is 9.83. The van der Waals surface area contributed by atoms with E-state index in [0.29, 0.717) is 0 Å². The standard InChI is InChI=1S/C15H12B2/c1-3-5-11-7-13-8-14(16)10(4-2)6-12(13)9-15(11)17/h3-9H,2H2,1H3/b5-3-. The first kappa shape index (κ1) is 11.8. The second kappa shape index (κ2) is 4.67. The minimum atomic E-state index is 0.740. The van der Waals surface area contributed by atoms with E-state index in [9.17, 15) is 0 Å². The molecule has 2 aromatic rings. The largest absolute Gasteiger partial charge is 0.114 e. The Kier molecular flexibility index (Phi) is 3.23. The lowest BCUT2D eigenvalue weighted by molar-refractivity contribution is 1.72. The summed E-state index contributed by atoms with van der Waals surface area (Å²) in [4.78, 5) is 0. The van der Waals surface area contributed by atoms with Crippen LogP contribution in [0.3, 0.4) is 0 Å². The fourth-order valence-corrected chi connectivity index (χ4v) is 1.92. The molecular formula is C15H12B2. The van der Waals surface area contributed by atoms with Crippen LogP contribution in [0.1, 0.15) is 18.1 Å². The molecule has 0 aliphatic heterocycles. The van der Waals surface area contributed by atoms with Crippen LogP contribution in [0.5, 0.6) is 0 Å². The quantitative estimate of drug-likeness (QED) is 0.671. The fraction of sp³-hybridized carbons (Fsp3) is 0.0667. The van der Waals surface area contributed by atoms with Crippen LogP contribution in [-0.4, -0.2) is 15.7 Å². The number of hydrogen-bond donors (Lipinski definition) is 0. The Labute approximate surface area is 105 Å². The first-order chi connectivity index (χ1) is 8.15. The molecule has 0 amide bonds. The van der Waals surface area contributed by atoms with E-state index in [1.165, 1.54) is 0 Å². The van der Waals surface area contributed by atoms with Gasteiger partial charge in [0.15, 0.2) is 0 Å². The summed E-state index contributed by atoms with van der Waals surface area (Å²) < 4.78 is 0. The smallest absolute Gasteiger partial charge is 0.0985 e. The van der Waals surface area contributed by atoms with Crippen molar-refractivity contribution in [3.8, 4) is 0 Å². The van der Waals surface area contributed by atoms with Gasteiger partial charge in [-0.1, -0.05) is 47.9 Å². The Morgan fingerprint density at radius 1 is 0.941 bits per heavy atom. The van der Waals surface area contributed by atoms with Crippen LogP contribution in [0.2, 0.25) is 0 Å². The number of benzene rings is 2. The van der Waals surface area contributed by atoms with Crippen molar-refractivity contribution >= 4 is 49.5 Å². The minimum Gasteiger partial charge on any atom is -0.0985 e. The van der Waals surface area contributed by atoms with Gasteiger partial charge in [0.2, 0.25) is 0 Å². The lowest BCUT2D eigenvalue weighted by Crippen LogP contribution is -2.10. The molecule has 0 fully saturated rings. The molecule has 17 heavy (non-hydrogen) atoms. The lowest BCUT2D eigenvalue weighted by Gasteiger charge is -2.08. The van der Waals surface area contributed by atoms with Crippen molar-refractivity contribution in [2.45, 2.75) is 6.92 Å². The molecule has 0 unspecified atom stereocenters. The molecule has 0 N–H and O–H groups in total. The molecule has 0 saturated heterocycles.